The summed E-state index contributed by atoms with van der Waals surface area (Å²) in [6, 6.07) is 4.49. The molecule has 3 heteroatoms. The first-order valence-corrected chi connectivity index (χ1v) is 6.50. The van der Waals surface area contributed by atoms with Crippen molar-refractivity contribution < 1.29 is 5.11 Å². The molecule has 0 radical (unpaired) electrons. The molecule has 1 aromatic heterocycles. The summed E-state index contributed by atoms with van der Waals surface area (Å²) >= 11 is 0. The normalized spacial score (nSPS) is 22.2. The predicted molar refractivity (Wildman–Crippen MR) is 70.1 cm³/mol. The van der Waals surface area contributed by atoms with Crippen LogP contribution in [-0.4, -0.2) is 22.7 Å². The highest BCUT2D eigenvalue weighted by Crippen LogP contribution is 2.29. The smallest absolute Gasteiger partial charge is 0.129 e. The van der Waals surface area contributed by atoms with E-state index >= 15 is 0 Å². The van der Waals surface area contributed by atoms with Gasteiger partial charge in [0.2, 0.25) is 0 Å². The maximum atomic E-state index is 9.62. The molecule has 2 rings (SSSR count). The second kappa shape index (κ2) is 5.05. The Kier molecular flexibility index (Phi) is 3.67. The molecule has 94 valence electrons. The standard InChI is InChI=1S/C14H22N2O/c1-10(2)13-5-4-8-16(13)14-9-12(11(3)17)6-7-15-14/h6-7,9-11,13,17H,4-5,8H2,1-3H3. The zero-order chi connectivity index (χ0) is 12.4. The van der Waals surface area contributed by atoms with Crippen molar-refractivity contribution in [1.29, 1.82) is 0 Å². The summed E-state index contributed by atoms with van der Waals surface area (Å²) in [6.45, 7) is 7.41. The topological polar surface area (TPSA) is 36.4 Å². The van der Waals surface area contributed by atoms with Gasteiger partial charge in [0.15, 0.2) is 0 Å². The molecular weight excluding hydrogens is 212 g/mol. The van der Waals surface area contributed by atoms with Crippen LogP contribution in [0.15, 0.2) is 18.3 Å². The van der Waals surface area contributed by atoms with Crippen molar-refractivity contribution in [3.05, 3.63) is 23.9 Å². The van der Waals surface area contributed by atoms with Crippen LogP contribution in [0.3, 0.4) is 0 Å². The van der Waals surface area contributed by atoms with Crippen molar-refractivity contribution in [2.45, 2.75) is 45.8 Å². The first-order valence-electron chi connectivity index (χ1n) is 6.50. The van der Waals surface area contributed by atoms with Gasteiger partial charge in [0, 0.05) is 18.8 Å². The van der Waals surface area contributed by atoms with Crippen molar-refractivity contribution in [1.82, 2.24) is 4.98 Å². The molecule has 0 amide bonds. The monoisotopic (exact) mass is 234 g/mol. The van der Waals surface area contributed by atoms with Crippen molar-refractivity contribution in [2.24, 2.45) is 5.92 Å². The number of pyridine rings is 1. The van der Waals surface area contributed by atoms with Gasteiger partial charge in [-0.2, -0.15) is 0 Å². The van der Waals surface area contributed by atoms with E-state index in [4.69, 9.17) is 0 Å². The van der Waals surface area contributed by atoms with E-state index in [9.17, 15) is 5.11 Å². The number of rotatable bonds is 3. The van der Waals surface area contributed by atoms with E-state index in [0.29, 0.717) is 12.0 Å². The third kappa shape index (κ3) is 2.60. The highest BCUT2D eigenvalue weighted by molar-refractivity contribution is 5.44. The number of hydrogen-bond donors (Lipinski definition) is 1. The zero-order valence-electron chi connectivity index (χ0n) is 10.9. The van der Waals surface area contributed by atoms with Crippen molar-refractivity contribution in [3.63, 3.8) is 0 Å². The van der Waals surface area contributed by atoms with Gasteiger partial charge in [-0.1, -0.05) is 13.8 Å². The average Bonchev–Trinajstić information content (AvgIpc) is 2.78. The zero-order valence-corrected chi connectivity index (χ0v) is 10.9. The Bertz CT molecular complexity index is 376. The number of nitrogens with zero attached hydrogens (tertiary/aromatic N) is 2. The number of hydrogen-bond acceptors (Lipinski definition) is 3. The Morgan fingerprint density at radius 1 is 1.41 bits per heavy atom. The maximum absolute atomic E-state index is 9.62. The first-order chi connectivity index (χ1) is 8.09. The van der Waals surface area contributed by atoms with Gasteiger partial charge in [-0.05, 0) is 43.4 Å². The van der Waals surface area contributed by atoms with E-state index in [0.717, 1.165) is 17.9 Å². The lowest BCUT2D eigenvalue weighted by Gasteiger charge is -2.29. The lowest BCUT2D eigenvalue weighted by molar-refractivity contribution is 0.199. The molecule has 2 unspecified atom stereocenters. The predicted octanol–water partition coefficient (Wildman–Crippen LogP) is 2.76. The summed E-state index contributed by atoms with van der Waals surface area (Å²) in [6.07, 6.45) is 3.87. The third-order valence-electron chi connectivity index (χ3n) is 3.62. The Labute approximate surface area is 103 Å². The molecule has 1 fully saturated rings. The summed E-state index contributed by atoms with van der Waals surface area (Å²) in [5, 5.41) is 9.62. The summed E-state index contributed by atoms with van der Waals surface area (Å²) < 4.78 is 0. The molecule has 0 saturated carbocycles. The maximum Gasteiger partial charge on any atom is 0.129 e. The fourth-order valence-corrected chi connectivity index (χ4v) is 2.62. The molecule has 0 aliphatic carbocycles. The molecule has 17 heavy (non-hydrogen) atoms. The fourth-order valence-electron chi connectivity index (χ4n) is 2.62. The lowest BCUT2D eigenvalue weighted by Crippen LogP contribution is -2.34. The number of anilines is 1. The second-order valence-corrected chi connectivity index (χ2v) is 5.27. The van der Waals surface area contributed by atoms with Gasteiger partial charge >= 0.3 is 0 Å². The Morgan fingerprint density at radius 2 is 2.18 bits per heavy atom. The van der Waals surface area contributed by atoms with Crippen LogP contribution in [0.25, 0.3) is 0 Å². The molecule has 1 saturated heterocycles. The van der Waals surface area contributed by atoms with Gasteiger partial charge in [-0.15, -0.1) is 0 Å². The minimum atomic E-state index is -0.420. The number of aromatic nitrogens is 1. The quantitative estimate of drug-likeness (QED) is 0.873. The van der Waals surface area contributed by atoms with Crippen LogP contribution in [0, 0.1) is 5.92 Å². The van der Waals surface area contributed by atoms with E-state index in [2.05, 4.69) is 23.7 Å². The van der Waals surface area contributed by atoms with Crippen molar-refractivity contribution in [2.75, 3.05) is 11.4 Å². The Balaban J connectivity index is 2.24. The molecule has 1 N–H and O–H groups in total. The van der Waals surface area contributed by atoms with E-state index in [1.807, 2.05) is 12.1 Å². The van der Waals surface area contributed by atoms with Gasteiger partial charge in [-0.25, -0.2) is 4.98 Å². The summed E-state index contributed by atoms with van der Waals surface area (Å²) in [5.41, 5.74) is 0.949. The molecule has 2 heterocycles. The van der Waals surface area contributed by atoms with E-state index in [-0.39, 0.29) is 0 Å². The number of aliphatic hydroxyl groups is 1. The molecule has 1 aromatic rings. The molecule has 0 spiro atoms. The third-order valence-corrected chi connectivity index (χ3v) is 3.62. The Hall–Kier alpha value is -1.09. The van der Waals surface area contributed by atoms with Crippen LogP contribution < -0.4 is 4.90 Å². The molecule has 1 aliphatic heterocycles. The fraction of sp³-hybridized carbons (Fsp3) is 0.643. The highest BCUT2D eigenvalue weighted by Gasteiger charge is 2.28. The van der Waals surface area contributed by atoms with Crippen LogP contribution >= 0.6 is 0 Å². The van der Waals surface area contributed by atoms with Gasteiger partial charge in [0.1, 0.15) is 5.82 Å². The first kappa shape index (κ1) is 12.4. The Morgan fingerprint density at radius 3 is 2.82 bits per heavy atom. The van der Waals surface area contributed by atoms with Crippen LogP contribution in [0.1, 0.15) is 45.3 Å². The van der Waals surface area contributed by atoms with Crippen molar-refractivity contribution in [3.8, 4) is 0 Å². The van der Waals surface area contributed by atoms with E-state index in [1.165, 1.54) is 12.8 Å². The van der Waals surface area contributed by atoms with Gasteiger partial charge in [-0.3, -0.25) is 0 Å². The average molecular weight is 234 g/mol. The second-order valence-electron chi connectivity index (χ2n) is 5.27. The van der Waals surface area contributed by atoms with E-state index < -0.39 is 6.10 Å². The van der Waals surface area contributed by atoms with E-state index in [1.54, 1.807) is 13.1 Å². The lowest BCUT2D eigenvalue weighted by atomic mass is 10.0. The molecule has 3 nitrogen and oxygen atoms in total. The number of aliphatic hydroxyl groups excluding tert-OH is 1. The minimum Gasteiger partial charge on any atom is -0.389 e. The van der Waals surface area contributed by atoms with Crippen LogP contribution in [-0.2, 0) is 0 Å². The largest absolute Gasteiger partial charge is 0.389 e. The summed E-state index contributed by atoms with van der Waals surface area (Å²) in [5.74, 6) is 1.66. The van der Waals surface area contributed by atoms with Crippen LogP contribution in [0.5, 0.6) is 0 Å². The SMILES string of the molecule is CC(O)c1ccnc(N2CCCC2C(C)C)c1. The minimum absolute atomic E-state index is 0.420. The van der Waals surface area contributed by atoms with Gasteiger partial charge in [0.05, 0.1) is 6.10 Å². The molecule has 0 bridgehead atoms. The summed E-state index contributed by atoms with van der Waals surface area (Å²) in [4.78, 5) is 6.84. The summed E-state index contributed by atoms with van der Waals surface area (Å²) in [7, 11) is 0. The van der Waals surface area contributed by atoms with Crippen LogP contribution in [0.4, 0.5) is 5.82 Å². The van der Waals surface area contributed by atoms with Gasteiger partial charge < -0.3 is 10.0 Å². The van der Waals surface area contributed by atoms with Crippen molar-refractivity contribution >= 4 is 5.82 Å². The molecule has 2 atom stereocenters. The molecule has 0 aromatic carbocycles. The van der Waals surface area contributed by atoms with Gasteiger partial charge in [0.25, 0.3) is 0 Å². The molecular formula is C14H22N2O. The molecule has 1 aliphatic rings. The van der Waals surface area contributed by atoms with Crippen LogP contribution in [0.2, 0.25) is 0 Å². The highest BCUT2D eigenvalue weighted by atomic mass is 16.3.